The van der Waals surface area contributed by atoms with E-state index in [0.29, 0.717) is 0 Å². The number of nitrogens with zero attached hydrogens (tertiary/aromatic N) is 2. The molecule has 1 atom stereocenters. The third-order valence-electron chi connectivity index (χ3n) is 3.51. The molecule has 20 heavy (non-hydrogen) atoms. The van der Waals surface area contributed by atoms with Crippen molar-refractivity contribution >= 4 is 11.5 Å². The molecule has 0 amide bonds. The molecule has 0 spiro atoms. The van der Waals surface area contributed by atoms with Crippen LogP contribution in [-0.2, 0) is 6.54 Å². The second kappa shape index (κ2) is 5.61. The molecule has 5 nitrogen and oxygen atoms in total. The summed E-state index contributed by atoms with van der Waals surface area (Å²) in [5.74, 6) is 2.77. The van der Waals surface area contributed by atoms with Crippen LogP contribution in [0.4, 0.5) is 11.5 Å². The molecular formula is C15H24N4O. The van der Waals surface area contributed by atoms with Crippen molar-refractivity contribution in [2.45, 2.75) is 53.6 Å². The Morgan fingerprint density at radius 2 is 2.10 bits per heavy atom. The van der Waals surface area contributed by atoms with E-state index in [1.54, 1.807) is 0 Å². The van der Waals surface area contributed by atoms with Gasteiger partial charge in [0, 0.05) is 12.1 Å². The Bertz CT molecular complexity index is 597. The Hall–Kier alpha value is -1.91. The normalized spacial score (nSPS) is 12.7. The molecule has 3 N–H and O–H groups in total. The first-order chi connectivity index (χ1) is 9.43. The van der Waals surface area contributed by atoms with Gasteiger partial charge in [0.15, 0.2) is 0 Å². The van der Waals surface area contributed by atoms with E-state index in [-0.39, 0.29) is 6.04 Å². The van der Waals surface area contributed by atoms with E-state index in [1.165, 1.54) is 0 Å². The van der Waals surface area contributed by atoms with Gasteiger partial charge in [-0.1, -0.05) is 6.92 Å². The fourth-order valence-electron chi connectivity index (χ4n) is 2.48. The molecule has 2 aromatic heterocycles. The Kier molecular flexibility index (Phi) is 4.06. The van der Waals surface area contributed by atoms with E-state index in [0.717, 1.165) is 47.2 Å². The van der Waals surface area contributed by atoms with Crippen molar-refractivity contribution in [3.63, 3.8) is 0 Å². The topological polar surface area (TPSA) is 69.0 Å². The first kappa shape index (κ1) is 14.5. The van der Waals surface area contributed by atoms with Gasteiger partial charge in [0.25, 0.3) is 0 Å². The Morgan fingerprint density at radius 3 is 2.65 bits per heavy atom. The molecule has 5 heteroatoms. The summed E-state index contributed by atoms with van der Waals surface area (Å²) in [6, 6.07) is 2.19. The van der Waals surface area contributed by atoms with Crippen LogP contribution in [0.5, 0.6) is 0 Å². The second-order valence-electron chi connectivity index (χ2n) is 5.31. The SMILES string of the molecule is CCCn1nc(C)c(N)c1NC(C)c1cc(C)oc1C. The molecule has 2 heterocycles. The van der Waals surface area contributed by atoms with E-state index in [4.69, 9.17) is 10.2 Å². The van der Waals surface area contributed by atoms with Crippen molar-refractivity contribution in [2.24, 2.45) is 0 Å². The number of nitrogens with two attached hydrogens (primary N) is 1. The predicted octanol–water partition coefficient (Wildman–Crippen LogP) is 3.57. The number of furan rings is 1. The summed E-state index contributed by atoms with van der Waals surface area (Å²) in [7, 11) is 0. The van der Waals surface area contributed by atoms with Crippen LogP contribution in [0.3, 0.4) is 0 Å². The van der Waals surface area contributed by atoms with Crippen LogP contribution in [0.1, 0.15) is 49.1 Å². The molecule has 0 saturated carbocycles. The van der Waals surface area contributed by atoms with Gasteiger partial charge in [0.1, 0.15) is 17.3 Å². The number of rotatable bonds is 5. The van der Waals surface area contributed by atoms with Crippen LogP contribution in [-0.4, -0.2) is 9.78 Å². The number of nitrogens with one attached hydrogen (secondary N) is 1. The van der Waals surface area contributed by atoms with E-state index >= 15 is 0 Å². The molecule has 0 aliphatic heterocycles. The number of hydrogen-bond donors (Lipinski definition) is 2. The quantitative estimate of drug-likeness (QED) is 0.876. The number of nitrogen functional groups attached to an aromatic ring is 1. The van der Waals surface area contributed by atoms with Crippen molar-refractivity contribution in [3.05, 3.63) is 28.8 Å². The molecule has 0 bridgehead atoms. The van der Waals surface area contributed by atoms with Gasteiger partial charge >= 0.3 is 0 Å². The summed E-state index contributed by atoms with van der Waals surface area (Å²) in [4.78, 5) is 0. The molecule has 0 aromatic carbocycles. The largest absolute Gasteiger partial charge is 0.466 e. The summed E-state index contributed by atoms with van der Waals surface area (Å²) in [5, 5.41) is 7.95. The number of hydrogen-bond acceptors (Lipinski definition) is 4. The lowest BCUT2D eigenvalue weighted by atomic mass is 10.1. The van der Waals surface area contributed by atoms with Gasteiger partial charge in [-0.3, -0.25) is 0 Å². The zero-order valence-corrected chi connectivity index (χ0v) is 12.9. The highest BCUT2D eigenvalue weighted by atomic mass is 16.3. The predicted molar refractivity (Wildman–Crippen MR) is 81.9 cm³/mol. The van der Waals surface area contributed by atoms with E-state index in [2.05, 4.69) is 30.3 Å². The van der Waals surface area contributed by atoms with E-state index < -0.39 is 0 Å². The first-order valence-corrected chi connectivity index (χ1v) is 7.10. The fraction of sp³-hybridized carbons (Fsp3) is 0.533. The van der Waals surface area contributed by atoms with Gasteiger partial charge in [-0.15, -0.1) is 0 Å². The maximum atomic E-state index is 6.13. The van der Waals surface area contributed by atoms with Gasteiger partial charge < -0.3 is 15.5 Å². The van der Waals surface area contributed by atoms with E-state index in [1.807, 2.05) is 25.5 Å². The molecule has 2 rings (SSSR count). The molecule has 0 aliphatic carbocycles. The molecule has 2 aromatic rings. The van der Waals surface area contributed by atoms with Crippen molar-refractivity contribution < 1.29 is 4.42 Å². The minimum atomic E-state index is 0.126. The number of aromatic nitrogens is 2. The van der Waals surface area contributed by atoms with Crippen molar-refractivity contribution in [2.75, 3.05) is 11.1 Å². The monoisotopic (exact) mass is 276 g/mol. The van der Waals surface area contributed by atoms with Crippen LogP contribution in [0.2, 0.25) is 0 Å². The third kappa shape index (κ3) is 2.66. The third-order valence-corrected chi connectivity index (χ3v) is 3.51. The average Bonchev–Trinajstić information content (AvgIpc) is 2.84. The van der Waals surface area contributed by atoms with Gasteiger partial charge in [-0.2, -0.15) is 5.10 Å². The zero-order valence-electron chi connectivity index (χ0n) is 12.9. The molecular weight excluding hydrogens is 252 g/mol. The van der Waals surface area contributed by atoms with Crippen LogP contribution in [0.25, 0.3) is 0 Å². The van der Waals surface area contributed by atoms with E-state index in [9.17, 15) is 0 Å². The number of aryl methyl sites for hydroxylation is 4. The summed E-state index contributed by atoms with van der Waals surface area (Å²) in [5.41, 5.74) is 8.88. The zero-order chi connectivity index (χ0) is 14.9. The van der Waals surface area contributed by atoms with Crippen molar-refractivity contribution in [1.82, 2.24) is 9.78 Å². The van der Waals surface area contributed by atoms with Gasteiger partial charge in [-0.05, 0) is 40.2 Å². The van der Waals surface area contributed by atoms with Crippen molar-refractivity contribution in [3.8, 4) is 0 Å². The minimum Gasteiger partial charge on any atom is -0.466 e. The van der Waals surface area contributed by atoms with Gasteiger partial charge in [-0.25, -0.2) is 4.68 Å². The van der Waals surface area contributed by atoms with Crippen LogP contribution in [0, 0.1) is 20.8 Å². The molecule has 0 saturated heterocycles. The Balaban J connectivity index is 2.27. The highest BCUT2D eigenvalue weighted by molar-refractivity contribution is 5.65. The summed E-state index contributed by atoms with van der Waals surface area (Å²) in [6.07, 6.45) is 1.02. The molecule has 110 valence electrons. The minimum absolute atomic E-state index is 0.126. The van der Waals surface area contributed by atoms with Crippen LogP contribution >= 0.6 is 0 Å². The maximum absolute atomic E-state index is 6.13. The Morgan fingerprint density at radius 1 is 1.40 bits per heavy atom. The summed E-state index contributed by atoms with van der Waals surface area (Å²) in [6.45, 7) is 11.0. The van der Waals surface area contributed by atoms with Crippen LogP contribution < -0.4 is 11.1 Å². The highest BCUT2D eigenvalue weighted by Gasteiger charge is 2.18. The standard InChI is InChI=1S/C15H24N4O/c1-6-7-19-15(14(16)11(4)18-19)17-10(3)13-8-9(2)20-12(13)5/h8,10,17H,6-7,16H2,1-5H3. The Labute approximate surface area is 120 Å². The van der Waals surface area contributed by atoms with Crippen LogP contribution in [0.15, 0.2) is 10.5 Å². The highest BCUT2D eigenvalue weighted by Crippen LogP contribution is 2.29. The molecule has 1 unspecified atom stereocenters. The van der Waals surface area contributed by atoms with Gasteiger partial charge in [0.05, 0.1) is 17.4 Å². The smallest absolute Gasteiger partial charge is 0.148 e. The summed E-state index contributed by atoms with van der Waals surface area (Å²) >= 11 is 0. The molecule has 0 aliphatic rings. The summed E-state index contributed by atoms with van der Waals surface area (Å²) < 4.78 is 7.54. The fourth-order valence-corrected chi connectivity index (χ4v) is 2.48. The lowest BCUT2D eigenvalue weighted by Gasteiger charge is -2.16. The average molecular weight is 276 g/mol. The molecule has 0 fully saturated rings. The first-order valence-electron chi connectivity index (χ1n) is 7.10. The molecule has 0 radical (unpaired) electrons. The lowest BCUT2D eigenvalue weighted by Crippen LogP contribution is -2.13. The second-order valence-corrected chi connectivity index (χ2v) is 5.31. The number of anilines is 2. The van der Waals surface area contributed by atoms with Gasteiger partial charge in [0.2, 0.25) is 0 Å². The maximum Gasteiger partial charge on any atom is 0.148 e. The van der Waals surface area contributed by atoms with Crippen molar-refractivity contribution in [1.29, 1.82) is 0 Å². The lowest BCUT2D eigenvalue weighted by molar-refractivity contribution is 0.499.